The predicted molar refractivity (Wildman–Crippen MR) is 56.5 cm³/mol. The molecule has 0 spiro atoms. The molecule has 0 bridgehead atoms. The van der Waals surface area contributed by atoms with Gasteiger partial charge in [-0.3, -0.25) is 0 Å². The van der Waals surface area contributed by atoms with Crippen molar-refractivity contribution in [1.29, 1.82) is 0 Å². The van der Waals surface area contributed by atoms with E-state index in [0.29, 0.717) is 11.9 Å². The highest BCUT2D eigenvalue weighted by atomic mass is 19.1. The van der Waals surface area contributed by atoms with Gasteiger partial charge in [0, 0.05) is 7.05 Å². The summed E-state index contributed by atoms with van der Waals surface area (Å²) in [4.78, 5) is 7.63. The van der Waals surface area contributed by atoms with Crippen molar-refractivity contribution in [3.63, 3.8) is 0 Å². The molecule has 0 aliphatic carbocycles. The molecule has 1 aromatic rings. The molecule has 0 fully saturated rings. The van der Waals surface area contributed by atoms with Gasteiger partial charge in [0.05, 0.1) is 6.20 Å². The summed E-state index contributed by atoms with van der Waals surface area (Å²) in [5.74, 6) is 0.108. The number of ether oxygens (including phenoxy) is 1. The van der Waals surface area contributed by atoms with Gasteiger partial charge < -0.3 is 10.1 Å². The highest BCUT2D eigenvalue weighted by Crippen LogP contribution is 2.18. The van der Waals surface area contributed by atoms with Gasteiger partial charge in [-0.25, -0.2) is 4.98 Å². The van der Waals surface area contributed by atoms with E-state index in [9.17, 15) is 4.39 Å². The summed E-state index contributed by atoms with van der Waals surface area (Å²) in [6.07, 6.45) is 1.01. The van der Waals surface area contributed by atoms with E-state index >= 15 is 0 Å². The lowest BCUT2D eigenvalue weighted by atomic mass is 10.1. The van der Waals surface area contributed by atoms with Gasteiger partial charge in [-0.1, -0.05) is 13.8 Å². The zero-order chi connectivity index (χ0) is 11.4. The molecule has 5 heteroatoms. The van der Waals surface area contributed by atoms with Crippen LogP contribution in [0.5, 0.6) is 5.88 Å². The Kier molecular flexibility index (Phi) is 3.82. The average Bonchev–Trinajstić information content (AvgIpc) is 2.21. The first kappa shape index (κ1) is 11.7. The van der Waals surface area contributed by atoms with Gasteiger partial charge >= 0.3 is 0 Å². The maximum absolute atomic E-state index is 13.3. The average molecular weight is 213 g/mol. The summed E-state index contributed by atoms with van der Waals surface area (Å²) in [7, 11) is 1.67. The van der Waals surface area contributed by atoms with Crippen molar-refractivity contribution in [2.75, 3.05) is 12.4 Å². The zero-order valence-corrected chi connectivity index (χ0v) is 9.41. The van der Waals surface area contributed by atoms with Crippen molar-refractivity contribution in [1.82, 2.24) is 9.97 Å². The van der Waals surface area contributed by atoms with Crippen LogP contribution in [0.3, 0.4) is 0 Å². The topological polar surface area (TPSA) is 47.0 Å². The van der Waals surface area contributed by atoms with Crippen LogP contribution in [0.4, 0.5) is 10.3 Å². The molecule has 0 amide bonds. The summed E-state index contributed by atoms with van der Waals surface area (Å²) >= 11 is 0. The number of hydrogen-bond acceptors (Lipinski definition) is 4. The third kappa shape index (κ3) is 3.04. The molecule has 1 atom stereocenters. The summed E-state index contributed by atoms with van der Waals surface area (Å²) < 4.78 is 18.6. The van der Waals surface area contributed by atoms with Gasteiger partial charge in [0.2, 0.25) is 11.8 Å². The number of rotatable bonds is 4. The molecule has 1 unspecified atom stereocenters. The fourth-order valence-electron chi connectivity index (χ4n) is 0.867. The van der Waals surface area contributed by atoms with Crippen LogP contribution in [0.15, 0.2) is 6.20 Å². The monoisotopic (exact) mass is 213 g/mol. The third-order valence-electron chi connectivity index (χ3n) is 2.17. The van der Waals surface area contributed by atoms with Gasteiger partial charge in [0.25, 0.3) is 5.88 Å². The lowest BCUT2D eigenvalue weighted by molar-refractivity contribution is 0.155. The Balaban J connectivity index is 2.83. The maximum atomic E-state index is 13.3. The van der Waals surface area contributed by atoms with Crippen LogP contribution < -0.4 is 10.1 Å². The summed E-state index contributed by atoms with van der Waals surface area (Å²) in [6, 6.07) is 0. The van der Waals surface area contributed by atoms with Crippen molar-refractivity contribution in [2.24, 2.45) is 5.92 Å². The maximum Gasteiger partial charge on any atom is 0.255 e. The molecule has 1 N–H and O–H groups in total. The van der Waals surface area contributed by atoms with Crippen molar-refractivity contribution in [3.05, 3.63) is 12.0 Å². The first-order chi connectivity index (χ1) is 7.04. The molecular formula is C10H16FN3O. The Bertz CT molecular complexity index is 330. The fraction of sp³-hybridized carbons (Fsp3) is 0.600. The molecule has 0 saturated heterocycles. The summed E-state index contributed by atoms with van der Waals surface area (Å²) in [5, 5.41) is 2.73. The van der Waals surface area contributed by atoms with Gasteiger partial charge in [-0.2, -0.15) is 9.37 Å². The summed E-state index contributed by atoms with van der Waals surface area (Å²) in [6.45, 7) is 5.89. The van der Waals surface area contributed by atoms with Gasteiger partial charge in [-0.05, 0) is 12.8 Å². The molecule has 0 radical (unpaired) electrons. The fourth-order valence-corrected chi connectivity index (χ4v) is 0.867. The van der Waals surface area contributed by atoms with Crippen molar-refractivity contribution < 1.29 is 9.13 Å². The zero-order valence-electron chi connectivity index (χ0n) is 9.41. The van der Waals surface area contributed by atoms with Crippen LogP contribution in [-0.4, -0.2) is 23.1 Å². The van der Waals surface area contributed by atoms with E-state index in [4.69, 9.17) is 4.74 Å². The number of anilines is 1. The van der Waals surface area contributed by atoms with Crippen molar-refractivity contribution >= 4 is 5.95 Å². The van der Waals surface area contributed by atoms with Crippen molar-refractivity contribution in [3.8, 4) is 5.88 Å². The standard InChI is InChI=1S/C10H16FN3O/c1-6(2)7(3)15-9-8(11)5-13-10(12-4)14-9/h5-7H,1-4H3,(H,12,13,14). The number of halogens is 1. The normalized spacial score (nSPS) is 12.7. The van der Waals surface area contributed by atoms with E-state index in [2.05, 4.69) is 15.3 Å². The van der Waals surface area contributed by atoms with Crippen LogP contribution in [-0.2, 0) is 0 Å². The van der Waals surface area contributed by atoms with E-state index in [1.165, 1.54) is 0 Å². The lowest BCUT2D eigenvalue weighted by Gasteiger charge is -2.17. The van der Waals surface area contributed by atoms with Crippen LogP contribution in [0.25, 0.3) is 0 Å². The first-order valence-corrected chi connectivity index (χ1v) is 4.91. The highest BCUT2D eigenvalue weighted by Gasteiger charge is 2.14. The van der Waals surface area contributed by atoms with Crippen LogP contribution in [0.1, 0.15) is 20.8 Å². The Morgan fingerprint density at radius 1 is 1.40 bits per heavy atom. The first-order valence-electron chi connectivity index (χ1n) is 4.91. The minimum atomic E-state index is -0.540. The van der Waals surface area contributed by atoms with E-state index in [1.54, 1.807) is 7.05 Å². The second-order valence-corrected chi connectivity index (χ2v) is 3.66. The van der Waals surface area contributed by atoms with Crippen molar-refractivity contribution in [2.45, 2.75) is 26.9 Å². The van der Waals surface area contributed by atoms with Crippen LogP contribution in [0.2, 0.25) is 0 Å². The smallest absolute Gasteiger partial charge is 0.255 e. The molecule has 15 heavy (non-hydrogen) atoms. The summed E-state index contributed by atoms with van der Waals surface area (Å²) in [5.41, 5.74) is 0. The Morgan fingerprint density at radius 2 is 2.07 bits per heavy atom. The molecule has 4 nitrogen and oxygen atoms in total. The van der Waals surface area contributed by atoms with Crippen LogP contribution >= 0.6 is 0 Å². The molecular weight excluding hydrogens is 197 g/mol. The second-order valence-electron chi connectivity index (χ2n) is 3.66. The molecule has 1 aromatic heterocycles. The molecule has 84 valence electrons. The van der Waals surface area contributed by atoms with Gasteiger partial charge in [0.15, 0.2) is 0 Å². The number of aromatic nitrogens is 2. The quantitative estimate of drug-likeness (QED) is 0.831. The van der Waals surface area contributed by atoms with E-state index < -0.39 is 5.82 Å². The minimum Gasteiger partial charge on any atom is -0.472 e. The van der Waals surface area contributed by atoms with Gasteiger partial charge in [0.1, 0.15) is 6.10 Å². The van der Waals surface area contributed by atoms with Gasteiger partial charge in [-0.15, -0.1) is 0 Å². The van der Waals surface area contributed by atoms with E-state index in [0.717, 1.165) is 6.20 Å². The molecule has 1 rings (SSSR count). The Labute approximate surface area is 88.9 Å². The molecule has 0 aromatic carbocycles. The molecule has 0 aliphatic heterocycles. The second kappa shape index (κ2) is 4.91. The third-order valence-corrected chi connectivity index (χ3v) is 2.17. The molecule has 0 saturated carbocycles. The lowest BCUT2D eigenvalue weighted by Crippen LogP contribution is -2.20. The SMILES string of the molecule is CNc1ncc(F)c(OC(C)C(C)C)n1. The number of hydrogen-bond donors (Lipinski definition) is 1. The van der Waals surface area contributed by atoms with E-state index in [-0.39, 0.29) is 12.0 Å². The Hall–Kier alpha value is -1.39. The van der Waals surface area contributed by atoms with E-state index in [1.807, 2.05) is 20.8 Å². The largest absolute Gasteiger partial charge is 0.472 e. The van der Waals surface area contributed by atoms with Crippen LogP contribution in [0, 0.1) is 11.7 Å². The number of nitrogens with one attached hydrogen (secondary N) is 1. The molecule has 0 aliphatic rings. The Morgan fingerprint density at radius 3 is 2.60 bits per heavy atom. The predicted octanol–water partition coefficient (Wildman–Crippen LogP) is 2.08. The number of nitrogens with zero attached hydrogens (tertiary/aromatic N) is 2. The minimum absolute atomic E-state index is 0.00412. The molecule has 1 heterocycles. The highest BCUT2D eigenvalue weighted by molar-refractivity contribution is 5.27.